The fourth-order valence-electron chi connectivity index (χ4n) is 3.90. The zero-order chi connectivity index (χ0) is 21.5. The van der Waals surface area contributed by atoms with Crippen LogP contribution in [-0.2, 0) is 16.0 Å². The van der Waals surface area contributed by atoms with Crippen LogP contribution in [0.4, 0.5) is 0 Å². The predicted octanol–water partition coefficient (Wildman–Crippen LogP) is 2.44. The van der Waals surface area contributed by atoms with E-state index in [9.17, 15) is 9.59 Å². The first-order chi connectivity index (χ1) is 15.2. The van der Waals surface area contributed by atoms with Crippen molar-refractivity contribution in [3.05, 3.63) is 76.3 Å². The molecular formula is C24H28N4O3. The molecule has 2 N–H and O–H groups in total. The molecule has 1 amide bonds. The zero-order valence-corrected chi connectivity index (χ0v) is 17.5. The van der Waals surface area contributed by atoms with Gasteiger partial charge in [-0.05, 0) is 24.1 Å². The van der Waals surface area contributed by atoms with Crippen molar-refractivity contribution in [3.8, 4) is 0 Å². The molecule has 1 unspecified atom stereocenters. The lowest BCUT2D eigenvalue weighted by Crippen LogP contribution is -2.43. The van der Waals surface area contributed by atoms with Crippen LogP contribution in [-0.4, -0.2) is 53.6 Å². The number of H-pyrrole nitrogens is 1. The summed E-state index contributed by atoms with van der Waals surface area (Å²) in [5.74, 6) is 0.620. The summed E-state index contributed by atoms with van der Waals surface area (Å²) in [6.07, 6.45) is 1.54. The third-order valence-electron chi connectivity index (χ3n) is 5.56. The molecule has 0 spiro atoms. The largest absolute Gasteiger partial charge is 0.379 e. The highest BCUT2D eigenvalue weighted by Crippen LogP contribution is 2.16. The SMILES string of the molecule is O=C(CCCc1nc2ccccc2c(=O)[nH]1)NC(CN1CCOCC1)c1ccccc1. The molecule has 4 rings (SSSR count). The van der Waals surface area contributed by atoms with Crippen LogP contribution in [0.25, 0.3) is 10.9 Å². The number of nitrogens with zero attached hydrogens (tertiary/aromatic N) is 2. The molecule has 7 nitrogen and oxygen atoms in total. The summed E-state index contributed by atoms with van der Waals surface area (Å²) in [6, 6.07) is 17.3. The summed E-state index contributed by atoms with van der Waals surface area (Å²) in [5, 5.41) is 3.78. The molecular weight excluding hydrogens is 392 g/mol. The quantitative estimate of drug-likeness (QED) is 0.585. The minimum atomic E-state index is -0.139. The van der Waals surface area contributed by atoms with Crippen molar-refractivity contribution >= 4 is 16.8 Å². The van der Waals surface area contributed by atoms with Crippen molar-refractivity contribution in [2.75, 3.05) is 32.8 Å². The maximum atomic E-state index is 12.7. The van der Waals surface area contributed by atoms with Crippen LogP contribution in [0.5, 0.6) is 0 Å². The fourth-order valence-corrected chi connectivity index (χ4v) is 3.90. The topological polar surface area (TPSA) is 87.3 Å². The van der Waals surface area contributed by atoms with Gasteiger partial charge in [-0.15, -0.1) is 0 Å². The second-order valence-corrected chi connectivity index (χ2v) is 7.83. The minimum absolute atomic E-state index is 0.00486. The number of carbonyl (C=O) groups excluding carboxylic acids is 1. The molecule has 7 heteroatoms. The Labute approximate surface area is 181 Å². The van der Waals surface area contributed by atoms with E-state index < -0.39 is 0 Å². The van der Waals surface area contributed by atoms with E-state index in [1.54, 1.807) is 6.07 Å². The van der Waals surface area contributed by atoms with Gasteiger partial charge in [0.15, 0.2) is 0 Å². The van der Waals surface area contributed by atoms with E-state index in [-0.39, 0.29) is 17.5 Å². The Kier molecular flexibility index (Phi) is 7.07. The number of para-hydroxylation sites is 1. The molecule has 0 saturated carbocycles. The van der Waals surface area contributed by atoms with Gasteiger partial charge in [-0.3, -0.25) is 14.5 Å². The van der Waals surface area contributed by atoms with Crippen molar-refractivity contribution in [1.82, 2.24) is 20.2 Å². The lowest BCUT2D eigenvalue weighted by atomic mass is 10.1. The third-order valence-corrected chi connectivity index (χ3v) is 5.56. The molecule has 0 radical (unpaired) electrons. The first-order valence-corrected chi connectivity index (χ1v) is 10.8. The molecule has 162 valence electrons. The van der Waals surface area contributed by atoms with Gasteiger partial charge in [0.1, 0.15) is 5.82 Å². The molecule has 3 aromatic rings. The van der Waals surface area contributed by atoms with Crippen molar-refractivity contribution in [1.29, 1.82) is 0 Å². The molecule has 0 bridgehead atoms. The molecule has 2 heterocycles. The number of fused-ring (bicyclic) bond motifs is 1. The fraction of sp³-hybridized carbons (Fsp3) is 0.375. The molecule has 2 aromatic carbocycles. The Hall–Kier alpha value is -3.03. The number of benzene rings is 2. The van der Waals surface area contributed by atoms with Gasteiger partial charge in [0.2, 0.25) is 5.91 Å². The second-order valence-electron chi connectivity index (χ2n) is 7.83. The van der Waals surface area contributed by atoms with E-state index in [0.29, 0.717) is 36.0 Å². The molecule has 1 saturated heterocycles. The lowest BCUT2D eigenvalue weighted by molar-refractivity contribution is -0.122. The van der Waals surface area contributed by atoms with Crippen molar-refractivity contribution in [2.24, 2.45) is 0 Å². The Balaban J connectivity index is 1.35. The summed E-state index contributed by atoms with van der Waals surface area (Å²) in [7, 11) is 0. The van der Waals surface area contributed by atoms with E-state index in [2.05, 4.69) is 32.3 Å². The number of hydrogen-bond donors (Lipinski definition) is 2. The van der Waals surface area contributed by atoms with Gasteiger partial charge in [-0.1, -0.05) is 42.5 Å². The standard InChI is InChI=1S/C24H28N4O3/c29-23(12-6-11-22-25-20-10-5-4-9-19(20)24(30)27-22)26-21(18-7-2-1-3-8-18)17-28-13-15-31-16-14-28/h1-5,7-10,21H,6,11-17H2,(H,26,29)(H,25,27,30). The minimum Gasteiger partial charge on any atom is -0.379 e. The number of rotatable bonds is 8. The Morgan fingerprint density at radius 2 is 1.84 bits per heavy atom. The summed E-state index contributed by atoms with van der Waals surface area (Å²) < 4.78 is 5.44. The van der Waals surface area contributed by atoms with Gasteiger partial charge in [0.05, 0.1) is 30.2 Å². The number of carbonyl (C=O) groups is 1. The predicted molar refractivity (Wildman–Crippen MR) is 120 cm³/mol. The van der Waals surface area contributed by atoms with Gasteiger partial charge in [-0.2, -0.15) is 0 Å². The van der Waals surface area contributed by atoms with Crippen LogP contribution in [0, 0.1) is 0 Å². The lowest BCUT2D eigenvalue weighted by Gasteiger charge is -2.31. The number of ether oxygens (including phenoxy) is 1. The van der Waals surface area contributed by atoms with Gasteiger partial charge >= 0.3 is 0 Å². The smallest absolute Gasteiger partial charge is 0.258 e. The van der Waals surface area contributed by atoms with E-state index >= 15 is 0 Å². The Morgan fingerprint density at radius 1 is 1.10 bits per heavy atom. The Bertz CT molecular complexity index is 1060. The van der Waals surface area contributed by atoms with Crippen LogP contribution in [0.2, 0.25) is 0 Å². The molecule has 1 aromatic heterocycles. The second kappa shape index (κ2) is 10.3. The molecule has 1 atom stereocenters. The van der Waals surface area contributed by atoms with Gasteiger partial charge in [-0.25, -0.2) is 4.98 Å². The van der Waals surface area contributed by atoms with E-state index in [0.717, 1.165) is 38.4 Å². The van der Waals surface area contributed by atoms with Crippen LogP contribution in [0.15, 0.2) is 59.4 Å². The maximum absolute atomic E-state index is 12.7. The van der Waals surface area contributed by atoms with Gasteiger partial charge in [0, 0.05) is 32.5 Å². The monoisotopic (exact) mass is 420 g/mol. The van der Waals surface area contributed by atoms with Crippen LogP contribution < -0.4 is 10.9 Å². The van der Waals surface area contributed by atoms with E-state index in [1.165, 1.54) is 0 Å². The summed E-state index contributed by atoms with van der Waals surface area (Å²) in [4.78, 5) is 34.6. The summed E-state index contributed by atoms with van der Waals surface area (Å²) >= 11 is 0. The van der Waals surface area contributed by atoms with E-state index in [4.69, 9.17) is 4.74 Å². The van der Waals surface area contributed by atoms with Crippen LogP contribution in [0.1, 0.15) is 30.3 Å². The third kappa shape index (κ3) is 5.77. The highest BCUT2D eigenvalue weighted by atomic mass is 16.5. The van der Waals surface area contributed by atoms with Crippen molar-refractivity contribution < 1.29 is 9.53 Å². The Morgan fingerprint density at radius 3 is 2.65 bits per heavy atom. The number of aryl methyl sites for hydroxylation is 1. The van der Waals surface area contributed by atoms with Crippen LogP contribution >= 0.6 is 0 Å². The molecule has 1 aliphatic rings. The normalized spacial score (nSPS) is 15.6. The average molecular weight is 421 g/mol. The zero-order valence-electron chi connectivity index (χ0n) is 17.5. The molecule has 1 fully saturated rings. The highest BCUT2D eigenvalue weighted by molar-refractivity contribution is 5.77. The molecule has 31 heavy (non-hydrogen) atoms. The summed E-state index contributed by atoms with van der Waals surface area (Å²) in [5.41, 5.74) is 1.64. The van der Waals surface area contributed by atoms with Crippen molar-refractivity contribution in [2.45, 2.75) is 25.3 Å². The molecule has 0 aliphatic carbocycles. The highest BCUT2D eigenvalue weighted by Gasteiger charge is 2.20. The van der Waals surface area contributed by atoms with Crippen LogP contribution in [0.3, 0.4) is 0 Å². The number of nitrogens with one attached hydrogen (secondary N) is 2. The number of hydrogen-bond acceptors (Lipinski definition) is 5. The summed E-state index contributed by atoms with van der Waals surface area (Å²) in [6.45, 7) is 3.97. The first-order valence-electron chi connectivity index (χ1n) is 10.8. The molecule has 1 aliphatic heterocycles. The van der Waals surface area contributed by atoms with E-state index in [1.807, 2.05) is 36.4 Å². The average Bonchev–Trinajstić information content (AvgIpc) is 2.80. The maximum Gasteiger partial charge on any atom is 0.258 e. The van der Waals surface area contributed by atoms with Gasteiger partial charge < -0.3 is 15.0 Å². The van der Waals surface area contributed by atoms with Crippen molar-refractivity contribution in [3.63, 3.8) is 0 Å². The van der Waals surface area contributed by atoms with Gasteiger partial charge in [0.25, 0.3) is 5.56 Å². The number of aromatic amines is 1. The number of amides is 1. The number of morpholine rings is 1. The number of aromatic nitrogens is 2. The first kappa shape index (κ1) is 21.2.